The van der Waals surface area contributed by atoms with Gasteiger partial charge in [-0.2, -0.15) is 0 Å². The Morgan fingerprint density at radius 3 is 3.00 bits per heavy atom. The second-order valence-corrected chi connectivity index (χ2v) is 3.17. The van der Waals surface area contributed by atoms with Gasteiger partial charge in [-0.05, 0) is 42.5 Å². The molecule has 0 aromatic rings. The summed E-state index contributed by atoms with van der Waals surface area (Å²) in [6.45, 7) is 0. The molecule has 0 saturated heterocycles. The highest BCUT2D eigenvalue weighted by Crippen LogP contribution is 2.23. The molecular weight excluding hydrogens is 179 g/mol. The fourth-order valence-electron chi connectivity index (χ4n) is 1.18. The summed E-state index contributed by atoms with van der Waals surface area (Å²) in [5.74, 6) is -0.195. The molecule has 0 aromatic heterocycles. The van der Waals surface area contributed by atoms with E-state index in [1.54, 1.807) is 6.08 Å². The van der Waals surface area contributed by atoms with Crippen LogP contribution in [0.15, 0.2) is 23.6 Å². The van der Waals surface area contributed by atoms with E-state index in [0.29, 0.717) is 18.4 Å². The van der Waals surface area contributed by atoms with E-state index < -0.39 is 5.24 Å². The van der Waals surface area contributed by atoms with Crippen molar-refractivity contribution in [1.82, 2.24) is 0 Å². The van der Waals surface area contributed by atoms with Crippen LogP contribution in [0.5, 0.6) is 0 Å². The van der Waals surface area contributed by atoms with Gasteiger partial charge in [0.2, 0.25) is 5.24 Å². The number of allylic oxidation sites excluding steroid dienone is 4. The van der Waals surface area contributed by atoms with Crippen LogP contribution in [0.1, 0.15) is 25.7 Å². The lowest BCUT2D eigenvalue weighted by atomic mass is 10.00. The molecule has 12 heavy (non-hydrogen) atoms. The topological polar surface area (TPSA) is 17.1 Å². The Kier molecular flexibility index (Phi) is 3.48. The lowest BCUT2D eigenvalue weighted by molar-refractivity contribution is -0.111. The van der Waals surface area contributed by atoms with Crippen molar-refractivity contribution in [1.29, 1.82) is 0 Å². The van der Waals surface area contributed by atoms with Crippen LogP contribution in [0, 0.1) is 0 Å². The summed E-state index contributed by atoms with van der Waals surface area (Å²) in [4.78, 5) is 10.4. The standard InChI is InChI=1S/C9H10ClFO/c10-9(12)6-5-7-3-1-2-4-8(7)11/h2,4H,1,3,5-6H2. The van der Waals surface area contributed by atoms with Crippen LogP contribution in [-0.2, 0) is 4.79 Å². The lowest BCUT2D eigenvalue weighted by Crippen LogP contribution is -1.94. The summed E-state index contributed by atoms with van der Waals surface area (Å²) in [5.41, 5.74) is 0.714. The van der Waals surface area contributed by atoms with Gasteiger partial charge in [0, 0.05) is 6.42 Å². The molecule has 0 aromatic carbocycles. The highest BCUT2D eigenvalue weighted by Gasteiger charge is 2.08. The minimum absolute atomic E-state index is 0.195. The zero-order valence-electron chi connectivity index (χ0n) is 6.65. The van der Waals surface area contributed by atoms with Crippen LogP contribution in [0.2, 0.25) is 0 Å². The van der Waals surface area contributed by atoms with E-state index >= 15 is 0 Å². The zero-order chi connectivity index (χ0) is 8.97. The van der Waals surface area contributed by atoms with E-state index in [1.165, 1.54) is 6.08 Å². The largest absolute Gasteiger partial charge is 0.281 e. The van der Waals surface area contributed by atoms with E-state index in [-0.39, 0.29) is 12.2 Å². The Hall–Kier alpha value is -0.630. The minimum atomic E-state index is -0.398. The molecule has 0 bridgehead atoms. The van der Waals surface area contributed by atoms with Gasteiger partial charge in [0.1, 0.15) is 5.83 Å². The van der Waals surface area contributed by atoms with Crippen molar-refractivity contribution in [2.45, 2.75) is 25.7 Å². The molecule has 0 saturated carbocycles. The van der Waals surface area contributed by atoms with Gasteiger partial charge >= 0.3 is 0 Å². The third kappa shape index (κ3) is 2.78. The third-order valence-electron chi connectivity index (χ3n) is 1.84. The number of carbonyl (C=O) groups excluding carboxylic acids is 1. The van der Waals surface area contributed by atoms with Gasteiger partial charge in [0.05, 0.1) is 0 Å². The predicted molar refractivity (Wildman–Crippen MR) is 46.6 cm³/mol. The Morgan fingerprint density at radius 2 is 2.42 bits per heavy atom. The van der Waals surface area contributed by atoms with E-state index in [2.05, 4.69) is 0 Å². The smallest absolute Gasteiger partial charge is 0.221 e. The van der Waals surface area contributed by atoms with Crippen molar-refractivity contribution in [3.63, 3.8) is 0 Å². The first kappa shape index (κ1) is 9.46. The highest BCUT2D eigenvalue weighted by atomic mass is 35.5. The average Bonchev–Trinajstić information content (AvgIpc) is 2.03. The summed E-state index contributed by atoms with van der Waals surface area (Å²) in [5, 5.41) is -0.398. The minimum Gasteiger partial charge on any atom is -0.281 e. The molecule has 0 amide bonds. The molecule has 1 nitrogen and oxygen atoms in total. The maximum Gasteiger partial charge on any atom is 0.221 e. The van der Waals surface area contributed by atoms with Gasteiger partial charge in [0.15, 0.2) is 0 Å². The molecule has 0 fully saturated rings. The number of halogens is 2. The first-order valence-electron chi connectivity index (χ1n) is 3.92. The van der Waals surface area contributed by atoms with Gasteiger partial charge < -0.3 is 0 Å². The van der Waals surface area contributed by atoms with Gasteiger partial charge in [-0.3, -0.25) is 4.79 Å². The van der Waals surface area contributed by atoms with Crippen LogP contribution < -0.4 is 0 Å². The Bertz CT molecular complexity index is 243. The van der Waals surface area contributed by atoms with Crippen LogP contribution in [-0.4, -0.2) is 5.24 Å². The maximum absolute atomic E-state index is 12.9. The van der Waals surface area contributed by atoms with Crippen molar-refractivity contribution in [2.24, 2.45) is 0 Å². The highest BCUT2D eigenvalue weighted by molar-refractivity contribution is 6.63. The Morgan fingerprint density at radius 1 is 1.67 bits per heavy atom. The fraction of sp³-hybridized carbons (Fsp3) is 0.444. The number of carbonyl (C=O) groups is 1. The average molecular weight is 189 g/mol. The van der Waals surface area contributed by atoms with Crippen LogP contribution in [0.4, 0.5) is 4.39 Å². The van der Waals surface area contributed by atoms with Crippen molar-refractivity contribution >= 4 is 16.8 Å². The summed E-state index contributed by atoms with van der Waals surface area (Å²) in [7, 11) is 0. The second-order valence-electron chi connectivity index (χ2n) is 2.75. The molecule has 3 heteroatoms. The molecular formula is C9H10ClFO. The van der Waals surface area contributed by atoms with E-state index in [0.717, 1.165) is 6.42 Å². The molecule has 0 radical (unpaired) electrons. The zero-order valence-corrected chi connectivity index (χ0v) is 7.40. The van der Waals surface area contributed by atoms with E-state index in [4.69, 9.17) is 11.6 Å². The van der Waals surface area contributed by atoms with Gasteiger partial charge in [0.25, 0.3) is 0 Å². The van der Waals surface area contributed by atoms with E-state index in [9.17, 15) is 9.18 Å². The van der Waals surface area contributed by atoms with Crippen molar-refractivity contribution in [3.8, 4) is 0 Å². The molecule has 0 unspecified atom stereocenters. The lowest BCUT2D eigenvalue weighted by Gasteiger charge is -2.08. The molecule has 0 atom stereocenters. The number of rotatable bonds is 3. The first-order chi connectivity index (χ1) is 5.70. The van der Waals surface area contributed by atoms with Crippen molar-refractivity contribution < 1.29 is 9.18 Å². The number of hydrogen-bond acceptors (Lipinski definition) is 1. The van der Waals surface area contributed by atoms with Crippen LogP contribution >= 0.6 is 11.6 Å². The Balaban J connectivity index is 2.49. The summed E-state index contributed by atoms with van der Waals surface area (Å²) in [6, 6.07) is 0. The molecule has 66 valence electrons. The molecule has 1 aliphatic carbocycles. The monoisotopic (exact) mass is 188 g/mol. The summed E-state index contributed by atoms with van der Waals surface area (Å²) < 4.78 is 12.9. The normalized spacial score (nSPS) is 16.8. The van der Waals surface area contributed by atoms with Crippen molar-refractivity contribution in [3.05, 3.63) is 23.6 Å². The summed E-state index contributed by atoms with van der Waals surface area (Å²) >= 11 is 5.14. The van der Waals surface area contributed by atoms with Crippen LogP contribution in [0.25, 0.3) is 0 Å². The first-order valence-corrected chi connectivity index (χ1v) is 4.30. The predicted octanol–water partition coefficient (Wildman–Crippen LogP) is 3.11. The summed E-state index contributed by atoms with van der Waals surface area (Å²) in [6.07, 6.45) is 5.52. The molecule has 0 spiro atoms. The second kappa shape index (κ2) is 4.41. The maximum atomic E-state index is 12.9. The fourth-order valence-corrected chi connectivity index (χ4v) is 1.27. The third-order valence-corrected chi connectivity index (χ3v) is 2.03. The quantitative estimate of drug-likeness (QED) is 0.622. The van der Waals surface area contributed by atoms with Crippen LogP contribution in [0.3, 0.4) is 0 Å². The van der Waals surface area contributed by atoms with Crippen molar-refractivity contribution in [2.75, 3.05) is 0 Å². The van der Waals surface area contributed by atoms with Gasteiger partial charge in [-0.1, -0.05) is 6.08 Å². The number of hydrogen-bond donors (Lipinski definition) is 0. The molecule has 1 rings (SSSR count). The SMILES string of the molecule is O=C(Cl)CCC1=C(F)C=CCC1. The molecule has 1 aliphatic rings. The van der Waals surface area contributed by atoms with E-state index in [1.807, 2.05) is 0 Å². The van der Waals surface area contributed by atoms with Gasteiger partial charge in [-0.25, -0.2) is 4.39 Å². The van der Waals surface area contributed by atoms with Gasteiger partial charge in [-0.15, -0.1) is 0 Å². The molecule has 0 heterocycles. The molecule has 0 aliphatic heterocycles. The molecule has 0 N–H and O–H groups in total. The Labute approximate surface area is 75.9 Å².